The standard InChI is InChI=1S/C24H28N2O4/c1-4-6-7-8-9-15-30-19-12-10-18(11-13-19)22(27)21-17(3)20(16-25)23(28)26(14-5-2)24(21)29/h5,10-13,29H,2,4,6-9,14-15H2,1,3H3. The van der Waals surface area contributed by atoms with Crippen LogP contribution in [0.1, 0.15) is 66.1 Å². The van der Waals surface area contributed by atoms with E-state index in [9.17, 15) is 20.0 Å². The molecule has 0 radical (unpaired) electrons. The van der Waals surface area contributed by atoms with Gasteiger partial charge in [-0.05, 0) is 43.2 Å². The van der Waals surface area contributed by atoms with Gasteiger partial charge in [-0.15, -0.1) is 6.58 Å². The Hall–Kier alpha value is -3.33. The SMILES string of the molecule is C=CCn1c(O)c(C(=O)c2ccc(OCCCCCCC)cc2)c(C)c(C#N)c1=O. The molecule has 0 amide bonds. The van der Waals surface area contributed by atoms with Crippen LogP contribution in [0.3, 0.4) is 0 Å². The third-order valence-corrected chi connectivity index (χ3v) is 4.97. The van der Waals surface area contributed by atoms with Crippen molar-refractivity contribution in [3.05, 3.63) is 69.5 Å². The summed E-state index contributed by atoms with van der Waals surface area (Å²) in [6, 6.07) is 8.47. The highest BCUT2D eigenvalue weighted by atomic mass is 16.5. The molecule has 6 heteroatoms. The molecule has 2 rings (SSSR count). The van der Waals surface area contributed by atoms with Crippen LogP contribution in [-0.2, 0) is 6.54 Å². The maximum Gasteiger partial charge on any atom is 0.271 e. The highest BCUT2D eigenvalue weighted by Gasteiger charge is 2.24. The maximum absolute atomic E-state index is 13.0. The van der Waals surface area contributed by atoms with E-state index < -0.39 is 17.2 Å². The smallest absolute Gasteiger partial charge is 0.271 e. The molecule has 0 atom stereocenters. The van der Waals surface area contributed by atoms with E-state index in [0.717, 1.165) is 17.4 Å². The molecular formula is C24H28N2O4. The van der Waals surface area contributed by atoms with Crippen molar-refractivity contribution in [3.8, 4) is 17.7 Å². The minimum Gasteiger partial charge on any atom is -0.494 e. The lowest BCUT2D eigenvalue weighted by molar-refractivity contribution is 0.103. The summed E-state index contributed by atoms with van der Waals surface area (Å²) < 4.78 is 6.69. The van der Waals surface area contributed by atoms with Gasteiger partial charge in [-0.3, -0.25) is 14.2 Å². The topological polar surface area (TPSA) is 92.3 Å². The normalized spacial score (nSPS) is 10.4. The fourth-order valence-electron chi connectivity index (χ4n) is 3.26. The molecule has 1 heterocycles. The largest absolute Gasteiger partial charge is 0.494 e. The van der Waals surface area contributed by atoms with Crippen molar-refractivity contribution in [1.82, 2.24) is 4.57 Å². The molecule has 0 unspecified atom stereocenters. The van der Waals surface area contributed by atoms with Crippen molar-refractivity contribution in [2.45, 2.75) is 52.5 Å². The molecule has 0 bridgehead atoms. The van der Waals surface area contributed by atoms with Crippen molar-refractivity contribution in [3.63, 3.8) is 0 Å². The number of benzene rings is 1. The van der Waals surface area contributed by atoms with E-state index in [2.05, 4.69) is 13.5 Å². The minimum atomic E-state index is -0.647. The quantitative estimate of drug-likeness (QED) is 0.336. The van der Waals surface area contributed by atoms with Gasteiger partial charge in [-0.25, -0.2) is 0 Å². The highest BCUT2D eigenvalue weighted by Crippen LogP contribution is 2.26. The zero-order valence-corrected chi connectivity index (χ0v) is 17.6. The predicted octanol–water partition coefficient (Wildman–Crippen LogP) is 4.50. The molecule has 0 saturated heterocycles. The number of aromatic hydroxyl groups is 1. The number of ketones is 1. The van der Waals surface area contributed by atoms with Crippen molar-refractivity contribution >= 4 is 5.78 Å². The summed E-state index contributed by atoms with van der Waals surface area (Å²) in [7, 11) is 0. The summed E-state index contributed by atoms with van der Waals surface area (Å²) in [5, 5.41) is 19.9. The van der Waals surface area contributed by atoms with Crippen molar-refractivity contribution in [2.75, 3.05) is 6.61 Å². The van der Waals surface area contributed by atoms with Gasteiger partial charge in [0.2, 0.25) is 5.88 Å². The van der Waals surface area contributed by atoms with E-state index >= 15 is 0 Å². The summed E-state index contributed by atoms with van der Waals surface area (Å²) >= 11 is 0. The summed E-state index contributed by atoms with van der Waals surface area (Å²) in [6.45, 7) is 7.83. The van der Waals surface area contributed by atoms with Crippen LogP contribution < -0.4 is 10.3 Å². The zero-order chi connectivity index (χ0) is 22.1. The fraction of sp³-hybridized carbons (Fsp3) is 0.375. The second-order valence-corrected chi connectivity index (χ2v) is 7.13. The molecule has 2 aromatic rings. The number of nitrogens with zero attached hydrogens (tertiary/aromatic N) is 2. The zero-order valence-electron chi connectivity index (χ0n) is 17.6. The Balaban J connectivity index is 2.23. The van der Waals surface area contributed by atoms with Gasteiger partial charge in [0, 0.05) is 12.1 Å². The highest BCUT2D eigenvalue weighted by molar-refractivity contribution is 6.11. The third kappa shape index (κ3) is 5.18. The number of carbonyl (C=O) groups is 1. The molecule has 0 aliphatic rings. The molecule has 1 aromatic carbocycles. The van der Waals surface area contributed by atoms with E-state index in [1.165, 1.54) is 32.3 Å². The first-order chi connectivity index (χ1) is 14.5. The van der Waals surface area contributed by atoms with E-state index in [4.69, 9.17) is 4.74 Å². The van der Waals surface area contributed by atoms with Crippen LogP contribution in [0.5, 0.6) is 11.6 Å². The van der Waals surface area contributed by atoms with Crippen molar-refractivity contribution in [2.24, 2.45) is 0 Å². The number of carbonyl (C=O) groups excluding carboxylic acids is 1. The number of unbranched alkanes of at least 4 members (excludes halogenated alkanes) is 4. The second-order valence-electron chi connectivity index (χ2n) is 7.13. The summed E-state index contributed by atoms with van der Waals surface area (Å²) in [5.41, 5.74) is -0.376. The molecule has 1 N–H and O–H groups in total. The average molecular weight is 408 g/mol. The molecule has 30 heavy (non-hydrogen) atoms. The van der Waals surface area contributed by atoms with Gasteiger partial charge in [0.1, 0.15) is 17.4 Å². The minimum absolute atomic E-state index is 0.00899. The van der Waals surface area contributed by atoms with Crippen LogP contribution in [0.2, 0.25) is 0 Å². The van der Waals surface area contributed by atoms with Gasteiger partial charge in [-0.2, -0.15) is 5.26 Å². The van der Waals surface area contributed by atoms with Gasteiger partial charge < -0.3 is 9.84 Å². The number of hydrogen-bond acceptors (Lipinski definition) is 5. The Bertz CT molecular complexity index is 998. The van der Waals surface area contributed by atoms with Crippen LogP contribution in [0.4, 0.5) is 0 Å². The van der Waals surface area contributed by atoms with Crippen LogP contribution in [0.15, 0.2) is 41.7 Å². The lowest BCUT2D eigenvalue weighted by Crippen LogP contribution is -2.26. The first-order valence-corrected chi connectivity index (χ1v) is 10.2. The number of nitriles is 1. The number of allylic oxidation sites excluding steroid dienone is 1. The lowest BCUT2D eigenvalue weighted by Gasteiger charge is -2.14. The van der Waals surface area contributed by atoms with E-state index in [0.29, 0.717) is 17.9 Å². The number of ether oxygens (including phenoxy) is 1. The fourth-order valence-corrected chi connectivity index (χ4v) is 3.26. The van der Waals surface area contributed by atoms with Crippen LogP contribution >= 0.6 is 0 Å². The molecular weight excluding hydrogens is 380 g/mol. The summed E-state index contributed by atoms with van der Waals surface area (Å²) in [6.07, 6.45) is 7.16. The lowest BCUT2D eigenvalue weighted by atomic mass is 9.97. The number of aromatic nitrogens is 1. The van der Waals surface area contributed by atoms with Gasteiger partial charge in [-0.1, -0.05) is 38.7 Å². The second kappa shape index (κ2) is 11.0. The Morgan fingerprint density at radius 2 is 1.90 bits per heavy atom. The molecule has 0 spiro atoms. The number of pyridine rings is 1. The molecule has 6 nitrogen and oxygen atoms in total. The Morgan fingerprint density at radius 3 is 2.50 bits per heavy atom. The average Bonchev–Trinajstić information content (AvgIpc) is 2.74. The van der Waals surface area contributed by atoms with Crippen molar-refractivity contribution < 1.29 is 14.6 Å². The summed E-state index contributed by atoms with van der Waals surface area (Å²) in [4.78, 5) is 25.4. The molecule has 0 aliphatic carbocycles. The van der Waals surface area contributed by atoms with Gasteiger partial charge in [0.05, 0.1) is 12.2 Å². The summed E-state index contributed by atoms with van der Waals surface area (Å²) in [5.74, 6) is -0.267. The Labute approximate surface area is 177 Å². The number of hydrogen-bond donors (Lipinski definition) is 1. The van der Waals surface area contributed by atoms with Gasteiger partial charge >= 0.3 is 0 Å². The first-order valence-electron chi connectivity index (χ1n) is 10.2. The van der Waals surface area contributed by atoms with E-state index in [1.54, 1.807) is 24.3 Å². The predicted molar refractivity (Wildman–Crippen MR) is 116 cm³/mol. The van der Waals surface area contributed by atoms with Gasteiger partial charge in [0.15, 0.2) is 5.78 Å². The Morgan fingerprint density at radius 1 is 1.23 bits per heavy atom. The first kappa shape index (κ1) is 23.0. The Kier molecular flexibility index (Phi) is 8.42. The van der Waals surface area contributed by atoms with Crippen LogP contribution in [0, 0.1) is 18.3 Å². The molecule has 158 valence electrons. The monoisotopic (exact) mass is 408 g/mol. The van der Waals surface area contributed by atoms with E-state index in [1.807, 2.05) is 6.07 Å². The number of rotatable bonds is 11. The molecule has 0 saturated carbocycles. The third-order valence-electron chi connectivity index (χ3n) is 4.97. The molecule has 1 aromatic heterocycles. The molecule has 0 fully saturated rings. The van der Waals surface area contributed by atoms with Crippen molar-refractivity contribution in [1.29, 1.82) is 5.26 Å². The van der Waals surface area contributed by atoms with Gasteiger partial charge in [0.25, 0.3) is 5.56 Å². The van der Waals surface area contributed by atoms with Crippen LogP contribution in [0.25, 0.3) is 0 Å². The van der Waals surface area contributed by atoms with Crippen LogP contribution in [-0.4, -0.2) is 22.1 Å². The van der Waals surface area contributed by atoms with E-state index in [-0.39, 0.29) is 23.2 Å². The maximum atomic E-state index is 13.0. The molecule has 0 aliphatic heterocycles.